The summed E-state index contributed by atoms with van der Waals surface area (Å²) < 4.78 is 12.4. The lowest BCUT2D eigenvalue weighted by molar-refractivity contribution is 0.583. The van der Waals surface area contributed by atoms with Crippen LogP contribution in [0.25, 0.3) is 0 Å². The van der Waals surface area contributed by atoms with E-state index in [1.165, 1.54) is 6.07 Å². The summed E-state index contributed by atoms with van der Waals surface area (Å²) in [6, 6.07) is 4.72. The number of nitrogens with zero attached hydrogens (tertiary/aromatic N) is 2. The molecule has 0 saturated carbocycles. The second kappa shape index (κ2) is 2.64. The fraction of sp³-hybridized carbons (Fsp3) is 0.286. The minimum absolute atomic E-state index is 0.439. The summed E-state index contributed by atoms with van der Waals surface area (Å²) in [5, 5.41) is 0. The van der Waals surface area contributed by atoms with Crippen molar-refractivity contribution in [3.63, 3.8) is 0 Å². The van der Waals surface area contributed by atoms with E-state index in [4.69, 9.17) is 0 Å². The predicted octanol–water partition coefficient (Wildman–Crippen LogP) is 1.29. The molecule has 54 valence electrons. The fourth-order valence-electron chi connectivity index (χ4n) is 0.647. The van der Waals surface area contributed by atoms with Gasteiger partial charge in [-0.05, 0) is 12.1 Å². The molecule has 0 atom stereocenters. The van der Waals surface area contributed by atoms with Crippen LogP contribution >= 0.6 is 0 Å². The van der Waals surface area contributed by atoms with Crippen LogP contribution < -0.4 is 4.90 Å². The predicted molar refractivity (Wildman–Crippen MR) is 38.5 cm³/mol. The smallest absolute Gasteiger partial charge is 0.214 e. The van der Waals surface area contributed by atoms with Gasteiger partial charge in [0.05, 0.1) is 0 Å². The molecule has 0 fully saturated rings. The molecule has 0 aliphatic carbocycles. The van der Waals surface area contributed by atoms with Gasteiger partial charge >= 0.3 is 0 Å². The highest BCUT2D eigenvalue weighted by Gasteiger charge is 1.95. The molecule has 0 unspecified atom stereocenters. The molecule has 0 N–H and O–H groups in total. The molecular formula is C7H9FN2. The van der Waals surface area contributed by atoms with Gasteiger partial charge in [-0.15, -0.1) is 0 Å². The minimum atomic E-state index is -0.439. The van der Waals surface area contributed by atoms with Crippen LogP contribution in [0.3, 0.4) is 0 Å². The van der Waals surface area contributed by atoms with Gasteiger partial charge in [0.25, 0.3) is 0 Å². The van der Waals surface area contributed by atoms with Crippen molar-refractivity contribution in [2.75, 3.05) is 19.0 Å². The molecule has 3 heteroatoms. The van der Waals surface area contributed by atoms with Gasteiger partial charge in [-0.3, -0.25) is 0 Å². The lowest BCUT2D eigenvalue weighted by Crippen LogP contribution is -2.10. The molecule has 10 heavy (non-hydrogen) atoms. The summed E-state index contributed by atoms with van der Waals surface area (Å²) in [5.74, 6) is 0.200. The molecule has 0 spiro atoms. The van der Waals surface area contributed by atoms with Crippen molar-refractivity contribution in [2.24, 2.45) is 0 Å². The van der Waals surface area contributed by atoms with Crippen LogP contribution in [0.1, 0.15) is 0 Å². The van der Waals surface area contributed by atoms with E-state index in [0.717, 1.165) is 0 Å². The Balaban J connectivity index is 2.96. The molecule has 0 aliphatic heterocycles. The largest absolute Gasteiger partial charge is 0.363 e. The van der Waals surface area contributed by atoms with Crippen LogP contribution in [0.4, 0.5) is 10.2 Å². The number of rotatable bonds is 1. The van der Waals surface area contributed by atoms with E-state index < -0.39 is 5.95 Å². The molecule has 1 aromatic heterocycles. The summed E-state index contributed by atoms with van der Waals surface area (Å²) in [4.78, 5) is 5.38. The summed E-state index contributed by atoms with van der Waals surface area (Å²) in [6.45, 7) is 0. The van der Waals surface area contributed by atoms with Gasteiger partial charge in [0.15, 0.2) is 0 Å². The highest BCUT2D eigenvalue weighted by Crippen LogP contribution is 2.05. The van der Waals surface area contributed by atoms with Crippen LogP contribution in [-0.4, -0.2) is 19.1 Å². The highest BCUT2D eigenvalue weighted by molar-refractivity contribution is 5.35. The first-order valence-corrected chi connectivity index (χ1v) is 3.00. The number of aromatic nitrogens is 1. The van der Waals surface area contributed by atoms with Crippen molar-refractivity contribution in [1.29, 1.82) is 0 Å². The summed E-state index contributed by atoms with van der Waals surface area (Å²) in [7, 11) is 3.64. The Hall–Kier alpha value is -1.12. The molecule has 0 aromatic carbocycles. The van der Waals surface area contributed by atoms with E-state index in [9.17, 15) is 4.39 Å². The Labute approximate surface area is 59.3 Å². The molecule has 0 amide bonds. The van der Waals surface area contributed by atoms with Crippen molar-refractivity contribution >= 4 is 5.82 Å². The quantitative estimate of drug-likeness (QED) is 0.546. The van der Waals surface area contributed by atoms with Gasteiger partial charge in [-0.1, -0.05) is 6.07 Å². The van der Waals surface area contributed by atoms with Crippen LogP contribution in [0.2, 0.25) is 0 Å². The highest BCUT2D eigenvalue weighted by atomic mass is 19.1. The molecule has 0 bridgehead atoms. The SMILES string of the molecule is CN(C)c1cccc(F)n1. The van der Waals surface area contributed by atoms with Gasteiger partial charge in [0.1, 0.15) is 5.82 Å². The second-order valence-corrected chi connectivity index (χ2v) is 2.21. The van der Waals surface area contributed by atoms with Crippen LogP contribution in [0.5, 0.6) is 0 Å². The van der Waals surface area contributed by atoms with E-state index in [1.807, 2.05) is 14.1 Å². The zero-order valence-electron chi connectivity index (χ0n) is 6.00. The number of halogens is 1. The Morgan fingerprint density at radius 1 is 1.40 bits per heavy atom. The maximum Gasteiger partial charge on any atom is 0.214 e. The third-order valence-electron chi connectivity index (χ3n) is 1.16. The van der Waals surface area contributed by atoms with Crippen molar-refractivity contribution in [3.05, 3.63) is 24.1 Å². The fourth-order valence-corrected chi connectivity index (χ4v) is 0.647. The van der Waals surface area contributed by atoms with Gasteiger partial charge in [-0.25, -0.2) is 4.98 Å². The van der Waals surface area contributed by atoms with Gasteiger partial charge in [0.2, 0.25) is 5.95 Å². The van der Waals surface area contributed by atoms with Crippen molar-refractivity contribution in [1.82, 2.24) is 4.98 Å². The molecule has 1 heterocycles. The maximum absolute atomic E-state index is 12.4. The monoisotopic (exact) mass is 140 g/mol. The first kappa shape index (κ1) is 6.99. The summed E-state index contributed by atoms with van der Waals surface area (Å²) in [5.41, 5.74) is 0. The van der Waals surface area contributed by atoms with Crippen molar-refractivity contribution in [2.45, 2.75) is 0 Å². The normalized spacial score (nSPS) is 9.50. The lowest BCUT2D eigenvalue weighted by atomic mass is 10.4. The van der Waals surface area contributed by atoms with E-state index in [1.54, 1.807) is 17.0 Å². The second-order valence-electron chi connectivity index (χ2n) is 2.21. The lowest BCUT2D eigenvalue weighted by Gasteiger charge is -2.09. The zero-order chi connectivity index (χ0) is 7.56. The van der Waals surface area contributed by atoms with Crippen LogP contribution in [-0.2, 0) is 0 Å². The minimum Gasteiger partial charge on any atom is -0.363 e. The summed E-state index contributed by atoms with van der Waals surface area (Å²) in [6.07, 6.45) is 0. The molecule has 2 nitrogen and oxygen atoms in total. The molecule has 1 aromatic rings. The average molecular weight is 140 g/mol. The molecule has 0 aliphatic rings. The molecule has 1 rings (SSSR count). The number of pyridine rings is 1. The van der Waals surface area contributed by atoms with E-state index >= 15 is 0 Å². The van der Waals surface area contributed by atoms with E-state index in [-0.39, 0.29) is 0 Å². The zero-order valence-corrected chi connectivity index (χ0v) is 6.00. The Kier molecular flexibility index (Phi) is 1.85. The molecule has 0 radical (unpaired) electrons. The average Bonchev–Trinajstić information content (AvgIpc) is 1.88. The first-order valence-electron chi connectivity index (χ1n) is 3.00. The topological polar surface area (TPSA) is 16.1 Å². The number of anilines is 1. The van der Waals surface area contributed by atoms with Crippen LogP contribution in [0.15, 0.2) is 18.2 Å². The first-order chi connectivity index (χ1) is 4.70. The number of hydrogen-bond donors (Lipinski definition) is 0. The van der Waals surface area contributed by atoms with Gasteiger partial charge in [-0.2, -0.15) is 4.39 Å². The maximum atomic E-state index is 12.4. The van der Waals surface area contributed by atoms with Crippen molar-refractivity contribution < 1.29 is 4.39 Å². The third-order valence-corrected chi connectivity index (χ3v) is 1.16. The van der Waals surface area contributed by atoms with Crippen molar-refractivity contribution in [3.8, 4) is 0 Å². The Morgan fingerprint density at radius 3 is 2.50 bits per heavy atom. The molecular weight excluding hydrogens is 131 g/mol. The van der Waals surface area contributed by atoms with Gasteiger partial charge in [0, 0.05) is 14.1 Å². The molecule has 0 saturated heterocycles. The van der Waals surface area contributed by atoms with E-state index in [0.29, 0.717) is 5.82 Å². The standard InChI is InChI=1S/C7H9FN2/c1-10(2)7-5-3-4-6(8)9-7/h3-5H,1-2H3. The van der Waals surface area contributed by atoms with E-state index in [2.05, 4.69) is 4.98 Å². The Bertz CT molecular complexity index is 223. The third kappa shape index (κ3) is 1.43. The van der Waals surface area contributed by atoms with Gasteiger partial charge < -0.3 is 4.90 Å². The summed E-state index contributed by atoms with van der Waals surface area (Å²) >= 11 is 0. The van der Waals surface area contributed by atoms with Crippen LogP contribution in [0, 0.1) is 5.95 Å². The number of hydrogen-bond acceptors (Lipinski definition) is 2. The Morgan fingerprint density at radius 2 is 2.10 bits per heavy atom.